The number of hydrogen-bond donors (Lipinski definition) is 0. The second kappa shape index (κ2) is 8.66. The summed E-state index contributed by atoms with van der Waals surface area (Å²) < 4.78 is 38.7. The number of para-hydroxylation sites is 1. The number of nitrogens with zero attached hydrogens (tertiary/aromatic N) is 4. The summed E-state index contributed by atoms with van der Waals surface area (Å²) in [6, 6.07) is 13.3. The first-order valence-corrected chi connectivity index (χ1v) is 8.90. The fraction of sp³-hybridized carbons (Fsp3) is 0.368. The van der Waals surface area contributed by atoms with Gasteiger partial charge in [-0.2, -0.15) is 13.2 Å². The molecule has 2 aromatic rings. The van der Waals surface area contributed by atoms with E-state index in [0.29, 0.717) is 25.3 Å². The van der Waals surface area contributed by atoms with E-state index in [4.69, 9.17) is 4.94 Å². The molecule has 0 atom stereocenters. The van der Waals surface area contributed by atoms with Gasteiger partial charge in [0.05, 0.1) is 12.1 Å². The van der Waals surface area contributed by atoms with Crippen LogP contribution >= 0.6 is 0 Å². The number of hydrogen-bond acceptors (Lipinski definition) is 4. The van der Waals surface area contributed by atoms with Crippen LogP contribution in [0.5, 0.6) is 0 Å². The minimum Gasteiger partial charge on any atom is -0.534 e. The van der Waals surface area contributed by atoms with Crippen molar-refractivity contribution < 1.29 is 37.0 Å². The van der Waals surface area contributed by atoms with Crippen molar-refractivity contribution in [3.05, 3.63) is 59.6 Å². The van der Waals surface area contributed by atoms with Crippen molar-refractivity contribution in [2.24, 2.45) is 0 Å². The molecule has 0 amide bonds. The Morgan fingerprint density at radius 1 is 0.929 bits per heavy atom. The summed E-state index contributed by atoms with van der Waals surface area (Å²) >= 11 is 0. The molecule has 1 saturated heterocycles. The van der Waals surface area contributed by atoms with Crippen molar-refractivity contribution in [3.63, 3.8) is 0 Å². The molecule has 0 saturated carbocycles. The summed E-state index contributed by atoms with van der Waals surface area (Å²) in [5, 5.41) is 1.77. The molecule has 0 aromatic heterocycles. The van der Waals surface area contributed by atoms with E-state index in [9.17, 15) is 13.2 Å². The van der Waals surface area contributed by atoms with Crippen molar-refractivity contribution in [1.82, 2.24) is 4.90 Å². The smallest absolute Gasteiger partial charge is 0.534 e. The van der Waals surface area contributed by atoms with Gasteiger partial charge in [0, 0.05) is 44.1 Å². The van der Waals surface area contributed by atoms with Crippen LogP contribution in [0.25, 0.3) is 5.48 Å². The van der Waals surface area contributed by atoms with Crippen molar-refractivity contribution >= 4 is 17.1 Å². The minimum atomic E-state index is -4.31. The Balaban J connectivity index is 0.00000225. The van der Waals surface area contributed by atoms with E-state index >= 15 is 0 Å². The van der Waals surface area contributed by atoms with Crippen LogP contribution in [0.1, 0.15) is 5.56 Å². The third-order valence-electron chi connectivity index (χ3n) is 4.92. The van der Waals surface area contributed by atoms with E-state index in [0.717, 1.165) is 37.1 Å². The number of rotatable bonds is 4. The Morgan fingerprint density at radius 2 is 1.68 bits per heavy atom. The molecule has 2 heterocycles. The number of anilines is 2. The predicted octanol–water partition coefficient (Wildman–Crippen LogP) is 1.20. The molecule has 2 aliphatic rings. The van der Waals surface area contributed by atoms with Crippen LogP contribution in [0.2, 0.25) is 0 Å². The molecule has 0 unspecified atom stereocenters. The second-order valence-corrected chi connectivity index (χ2v) is 6.64. The summed E-state index contributed by atoms with van der Waals surface area (Å²) in [6.07, 6.45) is -4.31. The average Bonchev–Trinajstić information content (AvgIpc) is 3.09. The van der Waals surface area contributed by atoms with E-state index in [1.165, 1.54) is 12.1 Å². The van der Waals surface area contributed by atoms with Gasteiger partial charge in [0.25, 0.3) is 0 Å². The largest absolute Gasteiger partial charge is 1.00 e. The van der Waals surface area contributed by atoms with Crippen LogP contribution in [0.3, 0.4) is 0 Å². The minimum absolute atomic E-state index is 0. The zero-order valence-corrected chi connectivity index (χ0v) is 15.7. The summed E-state index contributed by atoms with van der Waals surface area (Å²) in [4.78, 5) is 9.65. The Morgan fingerprint density at radius 3 is 2.43 bits per heavy atom. The molecule has 0 spiro atoms. The fourth-order valence-electron chi connectivity index (χ4n) is 3.39. The van der Waals surface area contributed by atoms with Crippen LogP contribution in [-0.4, -0.2) is 44.2 Å². The number of piperazine rings is 1. The van der Waals surface area contributed by atoms with Gasteiger partial charge in [0.1, 0.15) is 0 Å². The van der Waals surface area contributed by atoms with Gasteiger partial charge in [-0.1, -0.05) is 30.0 Å². The Kier molecular flexibility index (Phi) is 6.46. The van der Waals surface area contributed by atoms with E-state index < -0.39 is 11.7 Å². The van der Waals surface area contributed by atoms with Gasteiger partial charge in [-0.25, -0.2) is 0 Å². The first-order chi connectivity index (χ1) is 13.0. The molecular formula is C19H20F3LiN4O. The van der Waals surface area contributed by atoms with Gasteiger partial charge in [0.15, 0.2) is 0 Å². The topological polar surface area (TPSA) is 33.1 Å². The Bertz CT molecular complexity index is 797. The molecule has 2 aliphatic heterocycles. The first kappa shape index (κ1) is 20.9. The summed E-state index contributed by atoms with van der Waals surface area (Å²) in [5.41, 5.74) is 5.84. The van der Waals surface area contributed by atoms with Crippen molar-refractivity contribution in [1.29, 1.82) is 0 Å². The van der Waals surface area contributed by atoms with E-state index in [1.807, 2.05) is 29.2 Å². The van der Waals surface area contributed by atoms with Crippen LogP contribution in [0.15, 0.2) is 48.5 Å². The molecule has 0 aliphatic carbocycles. The normalized spacial score (nSPS) is 17.1. The van der Waals surface area contributed by atoms with Gasteiger partial charge in [-0.3, -0.25) is 9.96 Å². The number of benzene rings is 2. The molecule has 28 heavy (non-hydrogen) atoms. The Hall–Kier alpha value is -1.85. The predicted molar refractivity (Wildman–Crippen MR) is 98.0 cm³/mol. The van der Waals surface area contributed by atoms with Gasteiger partial charge in [-0.15, -0.1) is 0 Å². The maximum Gasteiger partial charge on any atom is 1.00 e. The maximum absolute atomic E-state index is 12.9. The van der Waals surface area contributed by atoms with Crippen LogP contribution in [0.4, 0.5) is 30.2 Å². The van der Waals surface area contributed by atoms with Gasteiger partial charge < -0.3 is 15.3 Å². The van der Waals surface area contributed by atoms with Crippen molar-refractivity contribution in [2.45, 2.75) is 6.18 Å². The molecule has 144 valence electrons. The van der Waals surface area contributed by atoms with E-state index in [2.05, 4.69) is 10.4 Å². The standard InChI is InChI=1S/C19H20F3N4O.Li/c20-19(21,22)15-4-3-5-16(14-15)25-11-8-24(9-12-25)10-13-26-18-7-2-1-6-17(18)23-27-26;/h1-7,14H,8-13H2;/q-1;+1. The van der Waals surface area contributed by atoms with Gasteiger partial charge in [0.2, 0.25) is 0 Å². The van der Waals surface area contributed by atoms with Crippen molar-refractivity contribution in [2.75, 3.05) is 49.2 Å². The SMILES string of the molecule is FC(F)(F)c1cccc(N2CCN(CCN3O[N-]c4ccccc43)CC2)c1.[Li+]. The zero-order valence-electron chi connectivity index (χ0n) is 15.7. The molecular weight excluding hydrogens is 364 g/mol. The van der Waals surface area contributed by atoms with Crippen molar-refractivity contribution in [3.8, 4) is 0 Å². The molecule has 0 bridgehead atoms. The van der Waals surface area contributed by atoms with Crippen LogP contribution in [0, 0.1) is 0 Å². The molecule has 1 fully saturated rings. The fourth-order valence-corrected chi connectivity index (χ4v) is 3.39. The second-order valence-electron chi connectivity index (χ2n) is 6.64. The molecule has 0 radical (unpaired) electrons. The Labute approximate surface area is 174 Å². The summed E-state index contributed by atoms with van der Waals surface area (Å²) in [7, 11) is 0. The number of fused-ring (bicyclic) bond motifs is 1. The van der Waals surface area contributed by atoms with Crippen LogP contribution < -0.4 is 28.8 Å². The third kappa shape index (κ3) is 4.58. The van der Waals surface area contributed by atoms with E-state index in [-0.39, 0.29) is 18.9 Å². The first-order valence-electron chi connectivity index (χ1n) is 8.90. The molecule has 2 aromatic carbocycles. The average molecular weight is 384 g/mol. The molecule has 5 nitrogen and oxygen atoms in total. The number of halogens is 3. The van der Waals surface area contributed by atoms with E-state index in [1.54, 1.807) is 11.1 Å². The quantitative estimate of drug-likeness (QED) is 0.742. The maximum atomic E-state index is 12.9. The summed E-state index contributed by atoms with van der Waals surface area (Å²) in [6.45, 7) is 4.47. The third-order valence-corrected chi connectivity index (χ3v) is 4.92. The van der Waals surface area contributed by atoms with Gasteiger partial charge in [-0.05, 0) is 24.3 Å². The van der Waals surface area contributed by atoms with Crippen LogP contribution in [-0.2, 0) is 11.1 Å². The molecule has 0 N–H and O–H groups in total. The number of alkyl halides is 3. The monoisotopic (exact) mass is 384 g/mol. The summed E-state index contributed by atoms with van der Waals surface area (Å²) in [5.74, 6) is 0. The zero-order chi connectivity index (χ0) is 18.9. The molecule has 4 rings (SSSR count). The molecule has 9 heteroatoms. The number of hydroxylamine groups is 1. The van der Waals surface area contributed by atoms with Gasteiger partial charge >= 0.3 is 25.0 Å².